The first kappa shape index (κ1) is 24.0. The van der Waals surface area contributed by atoms with Crippen molar-refractivity contribution in [3.05, 3.63) is 58.1 Å². The molecule has 1 fully saturated rings. The van der Waals surface area contributed by atoms with Crippen LogP contribution in [-0.4, -0.2) is 49.7 Å². The van der Waals surface area contributed by atoms with Crippen molar-refractivity contribution < 1.29 is 27.8 Å². The van der Waals surface area contributed by atoms with Crippen LogP contribution in [0, 0.1) is 17.6 Å². The van der Waals surface area contributed by atoms with Crippen molar-refractivity contribution in [3.63, 3.8) is 0 Å². The average Bonchev–Trinajstić information content (AvgIpc) is 3.21. The summed E-state index contributed by atoms with van der Waals surface area (Å²) in [6, 6.07) is 7.87. The van der Waals surface area contributed by atoms with Crippen LogP contribution >= 0.6 is 23.2 Å². The van der Waals surface area contributed by atoms with Crippen molar-refractivity contribution >= 4 is 35.0 Å². The molecule has 7 nitrogen and oxygen atoms in total. The molecule has 0 aliphatic carbocycles. The predicted octanol–water partition coefficient (Wildman–Crippen LogP) is 3.20. The molecule has 172 valence electrons. The minimum absolute atomic E-state index is 0.0230. The van der Waals surface area contributed by atoms with E-state index in [4.69, 9.17) is 32.7 Å². The predicted molar refractivity (Wildman–Crippen MR) is 115 cm³/mol. The van der Waals surface area contributed by atoms with Gasteiger partial charge in [-0.3, -0.25) is 15.0 Å². The number of hydrogen-bond donors (Lipinski definition) is 2. The van der Waals surface area contributed by atoms with Crippen LogP contribution in [0.1, 0.15) is 6.42 Å². The second-order valence-corrected chi connectivity index (χ2v) is 7.98. The fourth-order valence-electron chi connectivity index (χ4n) is 3.05. The van der Waals surface area contributed by atoms with E-state index in [1.54, 1.807) is 5.01 Å². The van der Waals surface area contributed by atoms with Gasteiger partial charge in [-0.05, 0) is 36.6 Å². The molecular weight excluding hydrogens is 467 g/mol. The zero-order chi connectivity index (χ0) is 23.1. The molecule has 2 amide bonds. The largest absolute Gasteiger partial charge is 0.484 e. The third kappa shape index (κ3) is 7.22. The molecule has 0 spiro atoms. The van der Waals surface area contributed by atoms with Gasteiger partial charge in [-0.2, -0.15) is 0 Å². The Kier molecular flexibility index (Phi) is 8.49. The maximum absolute atomic E-state index is 13.4. The Labute approximate surface area is 193 Å². The number of hydrazine groups is 1. The van der Waals surface area contributed by atoms with E-state index in [0.29, 0.717) is 19.6 Å². The molecule has 0 saturated carbocycles. The van der Waals surface area contributed by atoms with Crippen molar-refractivity contribution in [1.29, 1.82) is 0 Å². The molecule has 3 rings (SSSR count). The minimum atomic E-state index is -0.625. The summed E-state index contributed by atoms with van der Waals surface area (Å²) in [5.41, 5.74) is 2.72. The molecule has 1 aliphatic rings. The lowest BCUT2D eigenvalue weighted by molar-refractivity contribution is -0.127. The number of benzene rings is 2. The van der Waals surface area contributed by atoms with Gasteiger partial charge in [-0.1, -0.05) is 23.2 Å². The van der Waals surface area contributed by atoms with Crippen molar-refractivity contribution in [2.45, 2.75) is 6.42 Å². The number of carbonyl (C=O) groups excluding carboxylic acids is 2. The Hall–Kier alpha value is -2.62. The molecule has 0 bridgehead atoms. The summed E-state index contributed by atoms with van der Waals surface area (Å²) < 4.78 is 37.3. The monoisotopic (exact) mass is 487 g/mol. The molecular formula is C21H21Cl2F2N3O4. The van der Waals surface area contributed by atoms with E-state index in [9.17, 15) is 18.4 Å². The first-order valence-electron chi connectivity index (χ1n) is 9.77. The maximum Gasteiger partial charge on any atom is 0.272 e. The van der Waals surface area contributed by atoms with E-state index < -0.39 is 11.6 Å². The molecule has 1 aliphatic heterocycles. The van der Waals surface area contributed by atoms with Crippen LogP contribution < -0.4 is 20.2 Å². The molecule has 2 N–H and O–H groups in total. The molecule has 1 unspecified atom stereocenters. The van der Waals surface area contributed by atoms with E-state index in [1.165, 1.54) is 24.3 Å². The van der Waals surface area contributed by atoms with E-state index >= 15 is 0 Å². The quantitative estimate of drug-likeness (QED) is 0.567. The standard InChI is InChI=1S/C21H21Cl2F2N3O4/c22-16-3-1-14(7-18(16)24)31-11-20(29)26-9-13-5-6-28(10-13)27-21(30)12-32-15-2-4-17(23)19(25)8-15/h1-4,7-8,13H,5-6,9-12H2,(H,26,29)(H,27,30). The normalized spacial score (nSPS) is 15.9. The number of halogens is 4. The van der Waals surface area contributed by atoms with E-state index in [2.05, 4.69) is 10.7 Å². The van der Waals surface area contributed by atoms with Gasteiger partial charge in [0.05, 0.1) is 10.0 Å². The molecule has 1 saturated heterocycles. The minimum Gasteiger partial charge on any atom is -0.484 e. The SMILES string of the molecule is O=C(COc1ccc(Cl)c(F)c1)NCC1CCN(NC(=O)COc2ccc(Cl)c(F)c2)C1. The van der Waals surface area contributed by atoms with Crippen LogP contribution in [0.4, 0.5) is 8.78 Å². The van der Waals surface area contributed by atoms with Crippen LogP contribution in [0.5, 0.6) is 11.5 Å². The van der Waals surface area contributed by atoms with E-state index in [-0.39, 0.29) is 52.5 Å². The van der Waals surface area contributed by atoms with E-state index in [0.717, 1.165) is 18.6 Å². The Morgan fingerprint density at radius 3 is 2.09 bits per heavy atom. The van der Waals surface area contributed by atoms with E-state index in [1.807, 2.05) is 0 Å². The number of nitrogens with one attached hydrogen (secondary N) is 2. The fraction of sp³-hybridized carbons (Fsp3) is 0.333. The zero-order valence-corrected chi connectivity index (χ0v) is 18.4. The Balaban J connectivity index is 1.32. The third-order valence-corrected chi connectivity index (χ3v) is 5.29. The van der Waals surface area contributed by atoms with Crippen molar-refractivity contribution in [3.8, 4) is 11.5 Å². The van der Waals surface area contributed by atoms with Crippen molar-refractivity contribution in [1.82, 2.24) is 15.8 Å². The van der Waals surface area contributed by atoms with Gasteiger partial charge in [-0.25, -0.2) is 13.8 Å². The van der Waals surface area contributed by atoms with Crippen LogP contribution in [0.25, 0.3) is 0 Å². The molecule has 0 radical (unpaired) electrons. The van der Waals surface area contributed by atoms with Crippen LogP contribution in [-0.2, 0) is 9.59 Å². The average molecular weight is 488 g/mol. The lowest BCUT2D eigenvalue weighted by atomic mass is 10.1. The molecule has 2 aromatic rings. The highest BCUT2D eigenvalue weighted by Crippen LogP contribution is 2.21. The Morgan fingerprint density at radius 1 is 0.969 bits per heavy atom. The first-order valence-corrected chi connectivity index (χ1v) is 10.5. The molecule has 1 atom stereocenters. The smallest absolute Gasteiger partial charge is 0.272 e. The van der Waals surface area contributed by atoms with Gasteiger partial charge in [0.2, 0.25) is 0 Å². The van der Waals surface area contributed by atoms with Crippen LogP contribution in [0.15, 0.2) is 36.4 Å². The van der Waals surface area contributed by atoms with Gasteiger partial charge in [-0.15, -0.1) is 0 Å². The fourth-order valence-corrected chi connectivity index (χ4v) is 3.28. The number of nitrogens with zero attached hydrogens (tertiary/aromatic N) is 1. The third-order valence-electron chi connectivity index (χ3n) is 4.68. The van der Waals surface area contributed by atoms with Crippen LogP contribution in [0.3, 0.4) is 0 Å². The molecule has 2 aromatic carbocycles. The number of ether oxygens (including phenoxy) is 2. The van der Waals surface area contributed by atoms with Gasteiger partial charge in [0, 0.05) is 31.8 Å². The topological polar surface area (TPSA) is 79.9 Å². The summed E-state index contributed by atoms with van der Waals surface area (Å²) in [7, 11) is 0. The van der Waals surface area contributed by atoms with Gasteiger partial charge >= 0.3 is 0 Å². The van der Waals surface area contributed by atoms with Gasteiger partial charge in [0.1, 0.15) is 23.1 Å². The van der Waals surface area contributed by atoms with Gasteiger partial charge < -0.3 is 14.8 Å². The number of hydrogen-bond acceptors (Lipinski definition) is 5. The number of amides is 2. The summed E-state index contributed by atoms with van der Waals surface area (Å²) in [4.78, 5) is 24.0. The summed E-state index contributed by atoms with van der Waals surface area (Å²) in [6.07, 6.45) is 0.771. The lowest BCUT2D eigenvalue weighted by Gasteiger charge is -2.18. The molecule has 0 aromatic heterocycles. The summed E-state index contributed by atoms with van der Waals surface area (Å²) in [5, 5.41) is 4.44. The van der Waals surface area contributed by atoms with Gasteiger partial charge in [0.15, 0.2) is 13.2 Å². The van der Waals surface area contributed by atoms with Gasteiger partial charge in [0.25, 0.3) is 11.8 Å². The summed E-state index contributed by atoms with van der Waals surface area (Å²) >= 11 is 11.2. The van der Waals surface area contributed by atoms with Crippen molar-refractivity contribution in [2.75, 3.05) is 32.8 Å². The summed E-state index contributed by atoms with van der Waals surface area (Å²) in [6.45, 7) is 1.04. The summed E-state index contributed by atoms with van der Waals surface area (Å²) in [5.74, 6) is -1.42. The second-order valence-electron chi connectivity index (χ2n) is 7.17. The molecule has 32 heavy (non-hydrogen) atoms. The highest BCUT2D eigenvalue weighted by atomic mass is 35.5. The first-order chi connectivity index (χ1) is 15.3. The zero-order valence-electron chi connectivity index (χ0n) is 16.9. The second kappa shape index (κ2) is 11.3. The lowest BCUT2D eigenvalue weighted by Crippen LogP contribution is -2.43. The highest BCUT2D eigenvalue weighted by Gasteiger charge is 2.24. The Bertz CT molecular complexity index is 980. The number of rotatable bonds is 9. The molecule has 11 heteroatoms. The van der Waals surface area contributed by atoms with Crippen LogP contribution in [0.2, 0.25) is 10.0 Å². The number of carbonyl (C=O) groups is 2. The van der Waals surface area contributed by atoms with Crippen molar-refractivity contribution in [2.24, 2.45) is 5.92 Å². The Morgan fingerprint density at radius 2 is 1.53 bits per heavy atom. The maximum atomic E-state index is 13.4. The highest BCUT2D eigenvalue weighted by molar-refractivity contribution is 6.31. The molecule has 1 heterocycles.